The number of aliphatic hydroxyl groups is 1. The molecule has 2 saturated heterocycles. The minimum Gasteiger partial charge on any atom is -0.458 e. The molecule has 23 heavy (non-hydrogen) atoms. The number of aliphatic hydroxyl groups excluding tert-OH is 1. The molecule has 4 N–H and O–H groups in total. The highest BCUT2D eigenvalue weighted by atomic mass is 32.2. The second-order valence-corrected chi connectivity index (χ2v) is 6.44. The number of nitrogens with two attached hydrogens (primary N) is 1. The number of hydrogen-bond acceptors (Lipinski definition) is 9. The van der Waals surface area contributed by atoms with Crippen LogP contribution in [0.4, 0.5) is 4.79 Å². The number of carbonyl (C=O) groups excluding carboxylic acids is 3. The molecule has 0 bridgehead atoms. The summed E-state index contributed by atoms with van der Waals surface area (Å²) in [5.41, 5.74) is 5.56. The minimum atomic E-state index is -0.923. The lowest BCUT2D eigenvalue weighted by Crippen LogP contribution is -2.56. The first-order valence-electron chi connectivity index (χ1n) is 6.97. The third-order valence-corrected chi connectivity index (χ3v) is 4.84. The van der Waals surface area contributed by atoms with E-state index in [1.807, 2.05) is 0 Å². The molecule has 0 radical (unpaired) electrons. The highest BCUT2D eigenvalue weighted by Gasteiger charge is 2.54. The Balaban J connectivity index is 1.88. The maximum Gasteiger partial charge on any atom is 0.303 e. The molecule has 3 rings (SSSR count). The number of esters is 1. The van der Waals surface area contributed by atoms with Crippen LogP contribution in [0.1, 0.15) is 13.3 Å². The van der Waals surface area contributed by atoms with Gasteiger partial charge in [-0.05, 0) is 11.8 Å². The van der Waals surface area contributed by atoms with E-state index in [9.17, 15) is 19.5 Å². The van der Waals surface area contributed by atoms with Gasteiger partial charge in [0.25, 0.3) is 5.24 Å². The van der Waals surface area contributed by atoms with Crippen LogP contribution in [0.2, 0.25) is 0 Å². The SMILES string of the molecule is CC(=O)O[C@@H]1C[C@@H](CO)O[C@H]1N1C(=O)SC2C(=O)NC(N)=NC21. The van der Waals surface area contributed by atoms with E-state index in [0.717, 1.165) is 11.8 Å². The predicted molar refractivity (Wildman–Crippen MR) is 78.1 cm³/mol. The summed E-state index contributed by atoms with van der Waals surface area (Å²) in [6, 6.07) is 0. The number of fused-ring (bicyclic) bond motifs is 1. The summed E-state index contributed by atoms with van der Waals surface area (Å²) in [7, 11) is 0. The molecule has 3 heterocycles. The maximum absolute atomic E-state index is 12.3. The summed E-state index contributed by atoms with van der Waals surface area (Å²) in [5.74, 6) is -1.02. The number of guanidine groups is 1. The van der Waals surface area contributed by atoms with Gasteiger partial charge in [-0.15, -0.1) is 0 Å². The molecule has 10 nitrogen and oxygen atoms in total. The molecule has 126 valence electrons. The molecule has 2 fully saturated rings. The first-order valence-corrected chi connectivity index (χ1v) is 7.85. The van der Waals surface area contributed by atoms with Gasteiger partial charge in [0.15, 0.2) is 18.4 Å². The Hall–Kier alpha value is -1.85. The van der Waals surface area contributed by atoms with Gasteiger partial charge >= 0.3 is 5.97 Å². The van der Waals surface area contributed by atoms with Crippen LogP contribution in [0.5, 0.6) is 0 Å². The lowest BCUT2D eigenvalue weighted by atomic mass is 10.1. The van der Waals surface area contributed by atoms with Crippen molar-refractivity contribution in [3.63, 3.8) is 0 Å². The van der Waals surface area contributed by atoms with Crippen molar-refractivity contribution in [2.45, 2.75) is 43.2 Å². The summed E-state index contributed by atoms with van der Waals surface area (Å²) in [4.78, 5) is 40.9. The number of carbonyl (C=O) groups is 3. The topological polar surface area (TPSA) is 144 Å². The number of amides is 2. The second-order valence-electron chi connectivity index (χ2n) is 5.34. The zero-order chi connectivity index (χ0) is 16.7. The summed E-state index contributed by atoms with van der Waals surface area (Å²) in [6.45, 7) is 0.973. The van der Waals surface area contributed by atoms with Crippen LogP contribution < -0.4 is 11.1 Å². The minimum absolute atomic E-state index is 0.0858. The number of nitrogens with one attached hydrogen (secondary N) is 1. The number of thioether (sulfide) groups is 1. The lowest BCUT2D eigenvalue weighted by molar-refractivity contribution is -0.156. The summed E-state index contributed by atoms with van der Waals surface area (Å²) >= 11 is 0.814. The zero-order valence-electron chi connectivity index (χ0n) is 12.2. The Morgan fingerprint density at radius 1 is 1.61 bits per heavy atom. The lowest BCUT2D eigenvalue weighted by Gasteiger charge is -2.33. The highest BCUT2D eigenvalue weighted by molar-refractivity contribution is 8.15. The van der Waals surface area contributed by atoms with Crippen molar-refractivity contribution in [3.8, 4) is 0 Å². The zero-order valence-corrected chi connectivity index (χ0v) is 13.0. The number of hydrogen-bond donors (Lipinski definition) is 3. The molecule has 0 aromatic rings. The standard InChI is InChI=1S/C12H16N4O6S/c1-4(18)21-6-2-5(3-17)22-10(6)16-8-7(23-12(16)20)9(19)15-11(13)14-8/h5-8,10,17H,2-3H2,1H3,(H3,13,14,15,19)/t5-,6+,7?,8?,10+/m0/s1. The Kier molecular flexibility index (Phi) is 4.17. The van der Waals surface area contributed by atoms with Gasteiger partial charge in [-0.2, -0.15) is 0 Å². The van der Waals surface area contributed by atoms with Crippen LogP contribution in [-0.2, 0) is 19.1 Å². The molecule has 0 aromatic heterocycles. The quantitative estimate of drug-likeness (QED) is 0.516. The largest absolute Gasteiger partial charge is 0.458 e. The summed E-state index contributed by atoms with van der Waals surface area (Å²) < 4.78 is 10.8. The molecule has 0 spiro atoms. The van der Waals surface area contributed by atoms with Crippen molar-refractivity contribution >= 4 is 34.8 Å². The average molecular weight is 344 g/mol. The van der Waals surface area contributed by atoms with Gasteiger partial charge in [0.05, 0.1) is 12.7 Å². The number of nitrogens with zero attached hydrogens (tertiary/aromatic N) is 2. The normalized spacial score (nSPS) is 36.5. The first-order chi connectivity index (χ1) is 10.9. The van der Waals surface area contributed by atoms with Crippen molar-refractivity contribution in [2.75, 3.05) is 6.61 Å². The highest BCUT2D eigenvalue weighted by Crippen LogP contribution is 2.39. The molecule has 0 aliphatic carbocycles. The smallest absolute Gasteiger partial charge is 0.303 e. The summed E-state index contributed by atoms with van der Waals surface area (Å²) in [6.07, 6.45) is -2.82. The molecule has 3 aliphatic rings. The maximum atomic E-state index is 12.3. The van der Waals surface area contributed by atoms with E-state index in [1.165, 1.54) is 11.8 Å². The fraction of sp³-hybridized carbons (Fsp3) is 0.667. The molecule has 3 aliphatic heterocycles. The second kappa shape index (κ2) is 5.98. The van der Waals surface area contributed by atoms with Gasteiger partial charge in [-0.3, -0.25) is 24.6 Å². The Morgan fingerprint density at radius 2 is 2.35 bits per heavy atom. The molecule has 0 aromatic carbocycles. The van der Waals surface area contributed by atoms with Crippen molar-refractivity contribution in [3.05, 3.63) is 0 Å². The van der Waals surface area contributed by atoms with Gasteiger partial charge in [0, 0.05) is 13.3 Å². The van der Waals surface area contributed by atoms with Crippen molar-refractivity contribution in [2.24, 2.45) is 10.7 Å². The fourth-order valence-electron chi connectivity index (χ4n) is 2.83. The monoisotopic (exact) mass is 344 g/mol. The summed E-state index contributed by atoms with van der Waals surface area (Å²) in [5, 5.41) is 10.5. The van der Waals surface area contributed by atoms with Crippen LogP contribution in [-0.4, -0.2) is 69.5 Å². The molecule has 2 unspecified atom stereocenters. The van der Waals surface area contributed by atoms with E-state index in [0.29, 0.717) is 0 Å². The number of ether oxygens (including phenoxy) is 2. The first kappa shape index (κ1) is 16.0. The third-order valence-electron chi connectivity index (χ3n) is 3.72. The fourth-order valence-corrected chi connectivity index (χ4v) is 3.86. The Bertz CT molecular complexity index is 584. The van der Waals surface area contributed by atoms with Crippen LogP contribution in [0.25, 0.3) is 0 Å². The average Bonchev–Trinajstić information content (AvgIpc) is 2.99. The molecule has 11 heteroatoms. The van der Waals surface area contributed by atoms with Crippen molar-refractivity contribution in [1.29, 1.82) is 0 Å². The van der Waals surface area contributed by atoms with Crippen molar-refractivity contribution in [1.82, 2.24) is 10.2 Å². The van der Waals surface area contributed by atoms with Gasteiger partial charge < -0.3 is 20.3 Å². The molecular weight excluding hydrogens is 328 g/mol. The molecule has 0 saturated carbocycles. The van der Waals surface area contributed by atoms with Gasteiger partial charge in [-0.25, -0.2) is 4.99 Å². The van der Waals surface area contributed by atoms with Crippen LogP contribution >= 0.6 is 11.8 Å². The van der Waals surface area contributed by atoms with Crippen LogP contribution in [0, 0.1) is 0 Å². The van der Waals surface area contributed by atoms with Gasteiger partial charge in [-0.1, -0.05) is 0 Å². The Labute approximate surface area is 135 Å². The van der Waals surface area contributed by atoms with E-state index in [2.05, 4.69) is 10.3 Å². The molecule has 2 amide bonds. The molecule has 5 atom stereocenters. The number of rotatable bonds is 3. The van der Waals surface area contributed by atoms with Gasteiger partial charge in [0.2, 0.25) is 5.91 Å². The van der Waals surface area contributed by atoms with E-state index >= 15 is 0 Å². The Morgan fingerprint density at radius 3 is 3.00 bits per heavy atom. The predicted octanol–water partition coefficient (Wildman–Crippen LogP) is -1.67. The molecular formula is C12H16N4O6S. The number of aliphatic imine (C=N–C) groups is 1. The van der Waals surface area contributed by atoms with E-state index < -0.39 is 47.0 Å². The van der Waals surface area contributed by atoms with Crippen LogP contribution in [0.3, 0.4) is 0 Å². The van der Waals surface area contributed by atoms with Crippen molar-refractivity contribution < 1.29 is 29.0 Å². The van der Waals surface area contributed by atoms with E-state index in [4.69, 9.17) is 15.2 Å². The van der Waals surface area contributed by atoms with E-state index in [-0.39, 0.29) is 19.0 Å². The van der Waals surface area contributed by atoms with Crippen LogP contribution in [0.15, 0.2) is 4.99 Å². The van der Waals surface area contributed by atoms with E-state index in [1.54, 1.807) is 0 Å². The van der Waals surface area contributed by atoms with Gasteiger partial charge in [0.1, 0.15) is 11.4 Å². The third kappa shape index (κ3) is 2.86.